The molecule has 0 spiro atoms. The Morgan fingerprint density at radius 2 is 1.38 bits per heavy atom. The first-order valence-electron chi connectivity index (χ1n) is 7.97. The lowest BCUT2D eigenvalue weighted by Gasteiger charge is -2.21. The van der Waals surface area contributed by atoms with Crippen LogP contribution in [0.3, 0.4) is 0 Å². The van der Waals surface area contributed by atoms with Crippen molar-refractivity contribution in [3.8, 4) is 0 Å². The van der Waals surface area contributed by atoms with Gasteiger partial charge in [-0.25, -0.2) is 0 Å². The SMILES string of the molecule is CCCCOCCOCCOCCOC(CO)C(N)CC. The molecule has 0 fully saturated rings. The fourth-order valence-electron chi connectivity index (χ4n) is 1.62. The summed E-state index contributed by atoms with van der Waals surface area (Å²) in [6.45, 7) is 8.07. The van der Waals surface area contributed by atoms with Crippen LogP contribution in [0.5, 0.6) is 0 Å². The number of aliphatic hydroxyl groups excluding tert-OH is 1. The monoisotopic (exact) mass is 307 g/mol. The topological polar surface area (TPSA) is 83.2 Å². The van der Waals surface area contributed by atoms with Gasteiger partial charge in [0.2, 0.25) is 0 Å². The van der Waals surface area contributed by atoms with E-state index in [9.17, 15) is 0 Å². The van der Waals surface area contributed by atoms with E-state index in [1.807, 2.05) is 6.92 Å². The second kappa shape index (κ2) is 16.1. The van der Waals surface area contributed by atoms with Crippen molar-refractivity contribution in [3.05, 3.63) is 0 Å². The van der Waals surface area contributed by atoms with Crippen molar-refractivity contribution in [3.63, 3.8) is 0 Å². The predicted octanol–water partition coefficient (Wildman–Crippen LogP) is 0.951. The second-order valence-corrected chi connectivity index (χ2v) is 4.85. The molecule has 0 aromatic rings. The zero-order chi connectivity index (χ0) is 15.8. The highest BCUT2D eigenvalue weighted by Gasteiger charge is 2.15. The first-order chi connectivity index (χ1) is 10.3. The summed E-state index contributed by atoms with van der Waals surface area (Å²) >= 11 is 0. The Balaban J connectivity index is 3.21. The maximum absolute atomic E-state index is 9.13. The fourth-order valence-corrected chi connectivity index (χ4v) is 1.62. The van der Waals surface area contributed by atoms with E-state index in [1.165, 1.54) is 0 Å². The van der Waals surface area contributed by atoms with Gasteiger partial charge in [-0.1, -0.05) is 20.3 Å². The summed E-state index contributed by atoms with van der Waals surface area (Å²) in [5, 5.41) is 9.13. The Kier molecular flexibility index (Phi) is 16.0. The summed E-state index contributed by atoms with van der Waals surface area (Å²) in [4.78, 5) is 0. The number of aliphatic hydroxyl groups is 1. The summed E-state index contributed by atoms with van der Waals surface area (Å²) in [7, 11) is 0. The van der Waals surface area contributed by atoms with Gasteiger partial charge in [0.05, 0.1) is 52.4 Å². The number of rotatable bonds is 16. The van der Waals surface area contributed by atoms with Gasteiger partial charge in [0, 0.05) is 12.6 Å². The van der Waals surface area contributed by atoms with Gasteiger partial charge in [0.1, 0.15) is 0 Å². The van der Waals surface area contributed by atoms with Crippen molar-refractivity contribution in [2.24, 2.45) is 5.73 Å². The molecular formula is C15H33NO5. The van der Waals surface area contributed by atoms with Crippen LogP contribution in [0.1, 0.15) is 33.1 Å². The molecule has 2 atom stereocenters. The molecular weight excluding hydrogens is 274 g/mol. The Morgan fingerprint density at radius 3 is 1.86 bits per heavy atom. The Morgan fingerprint density at radius 1 is 0.857 bits per heavy atom. The Bertz CT molecular complexity index is 207. The molecule has 3 N–H and O–H groups in total. The highest BCUT2D eigenvalue weighted by atomic mass is 16.6. The highest BCUT2D eigenvalue weighted by molar-refractivity contribution is 4.70. The Labute approximate surface area is 128 Å². The van der Waals surface area contributed by atoms with Crippen LogP contribution in [-0.4, -0.2) is 70.1 Å². The lowest BCUT2D eigenvalue weighted by Crippen LogP contribution is -2.39. The zero-order valence-electron chi connectivity index (χ0n) is 13.6. The smallest absolute Gasteiger partial charge is 0.0957 e. The molecule has 0 saturated heterocycles. The third kappa shape index (κ3) is 13.2. The molecule has 6 heteroatoms. The molecule has 6 nitrogen and oxygen atoms in total. The van der Waals surface area contributed by atoms with Crippen LogP contribution in [0.15, 0.2) is 0 Å². The predicted molar refractivity (Wildman–Crippen MR) is 82.5 cm³/mol. The van der Waals surface area contributed by atoms with Gasteiger partial charge < -0.3 is 29.8 Å². The number of hydrogen-bond acceptors (Lipinski definition) is 6. The minimum absolute atomic E-state index is 0.0594. The Hall–Kier alpha value is -0.240. The number of unbranched alkanes of at least 4 members (excludes halogenated alkanes) is 1. The largest absolute Gasteiger partial charge is 0.394 e. The first kappa shape index (κ1) is 20.8. The van der Waals surface area contributed by atoms with Gasteiger partial charge in [-0.2, -0.15) is 0 Å². The molecule has 2 unspecified atom stereocenters. The maximum Gasteiger partial charge on any atom is 0.0957 e. The summed E-state index contributed by atoms with van der Waals surface area (Å²) < 4.78 is 21.6. The van der Waals surface area contributed by atoms with Crippen LogP contribution < -0.4 is 5.73 Å². The molecule has 21 heavy (non-hydrogen) atoms. The summed E-state index contributed by atoms with van der Waals surface area (Å²) in [5.41, 5.74) is 5.81. The van der Waals surface area contributed by atoms with Crippen molar-refractivity contribution in [2.75, 3.05) is 52.9 Å². The summed E-state index contributed by atoms with van der Waals surface area (Å²) in [6, 6.07) is -0.133. The van der Waals surface area contributed by atoms with E-state index in [1.54, 1.807) is 0 Å². The van der Waals surface area contributed by atoms with Gasteiger partial charge in [0.15, 0.2) is 0 Å². The molecule has 0 bridgehead atoms. The molecule has 0 saturated carbocycles. The highest BCUT2D eigenvalue weighted by Crippen LogP contribution is 2.00. The normalized spacial score (nSPS) is 14.3. The second-order valence-electron chi connectivity index (χ2n) is 4.85. The standard InChI is InChI=1S/C15H33NO5/c1-3-5-6-18-7-8-19-9-10-20-11-12-21-15(13-17)14(16)4-2/h14-15,17H,3-13,16H2,1-2H3. The minimum atomic E-state index is -0.310. The van der Waals surface area contributed by atoms with Crippen molar-refractivity contribution >= 4 is 0 Å². The van der Waals surface area contributed by atoms with Crippen LogP contribution in [0.4, 0.5) is 0 Å². The van der Waals surface area contributed by atoms with E-state index in [4.69, 9.17) is 29.8 Å². The lowest BCUT2D eigenvalue weighted by atomic mass is 10.1. The van der Waals surface area contributed by atoms with Crippen LogP contribution in [0, 0.1) is 0 Å². The van der Waals surface area contributed by atoms with Gasteiger partial charge in [-0.15, -0.1) is 0 Å². The molecule has 0 heterocycles. The average molecular weight is 307 g/mol. The molecule has 0 aliphatic rings. The van der Waals surface area contributed by atoms with Crippen LogP contribution in [0.25, 0.3) is 0 Å². The van der Waals surface area contributed by atoms with Gasteiger partial charge in [0.25, 0.3) is 0 Å². The molecule has 0 amide bonds. The van der Waals surface area contributed by atoms with Crippen molar-refractivity contribution in [1.29, 1.82) is 0 Å². The molecule has 0 aromatic carbocycles. The van der Waals surface area contributed by atoms with E-state index in [0.717, 1.165) is 25.9 Å². The third-order valence-electron chi connectivity index (χ3n) is 3.07. The lowest BCUT2D eigenvalue weighted by molar-refractivity contribution is -0.0406. The molecule has 0 radical (unpaired) electrons. The van der Waals surface area contributed by atoms with Crippen LogP contribution in [-0.2, 0) is 18.9 Å². The molecule has 0 aromatic heterocycles. The maximum atomic E-state index is 9.13. The average Bonchev–Trinajstić information content (AvgIpc) is 2.51. The van der Waals surface area contributed by atoms with E-state index in [0.29, 0.717) is 39.6 Å². The number of nitrogens with two attached hydrogens (primary N) is 1. The van der Waals surface area contributed by atoms with Crippen molar-refractivity contribution < 1.29 is 24.1 Å². The zero-order valence-corrected chi connectivity index (χ0v) is 13.6. The van der Waals surface area contributed by atoms with Gasteiger partial charge in [-0.3, -0.25) is 0 Å². The van der Waals surface area contributed by atoms with E-state index in [2.05, 4.69) is 6.92 Å². The molecule has 128 valence electrons. The number of hydrogen-bond donors (Lipinski definition) is 2. The van der Waals surface area contributed by atoms with Gasteiger partial charge in [-0.05, 0) is 12.8 Å². The summed E-state index contributed by atoms with van der Waals surface area (Å²) in [5.74, 6) is 0. The minimum Gasteiger partial charge on any atom is -0.394 e. The van der Waals surface area contributed by atoms with Crippen LogP contribution in [0.2, 0.25) is 0 Å². The van der Waals surface area contributed by atoms with E-state index < -0.39 is 0 Å². The van der Waals surface area contributed by atoms with Crippen molar-refractivity contribution in [2.45, 2.75) is 45.3 Å². The molecule has 0 aliphatic heterocycles. The third-order valence-corrected chi connectivity index (χ3v) is 3.07. The van der Waals surface area contributed by atoms with Crippen molar-refractivity contribution in [1.82, 2.24) is 0 Å². The molecule has 0 aliphatic carbocycles. The van der Waals surface area contributed by atoms with E-state index in [-0.39, 0.29) is 18.8 Å². The summed E-state index contributed by atoms with van der Waals surface area (Å²) in [6.07, 6.45) is 2.71. The van der Waals surface area contributed by atoms with Crippen LogP contribution >= 0.6 is 0 Å². The van der Waals surface area contributed by atoms with Gasteiger partial charge >= 0.3 is 0 Å². The first-order valence-corrected chi connectivity index (χ1v) is 7.97. The van der Waals surface area contributed by atoms with E-state index >= 15 is 0 Å². The molecule has 0 rings (SSSR count). The fraction of sp³-hybridized carbons (Fsp3) is 1.00. The number of ether oxygens (including phenoxy) is 4. The quantitative estimate of drug-likeness (QED) is 0.413.